The van der Waals surface area contributed by atoms with E-state index in [-0.39, 0.29) is 18.5 Å². The maximum Gasteiger partial charge on any atom is 0.329 e. The number of nitrogens with zero attached hydrogens (tertiary/aromatic N) is 1. The predicted molar refractivity (Wildman–Crippen MR) is 125 cm³/mol. The van der Waals surface area contributed by atoms with Crippen LogP contribution in [-0.4, -0.2) is 35.4 Å². The van der Waals surface area contributed by atoms with Crippen LogP contribution >= 0.6 is 0 Å². The zero-order valence-electron chi connectivity index (χ0n) is 18.0. The number of esters is 1. The Labute approximate surface area is 188 Å². The topological polar surface area (TPSA) is 72.6 Å². The fourth-order valence-electron chi connectivity index (χ4n) is 4.12. The molecule has 0 spiro atoms. The Kier molecular flexibility index (Phi) is 6.97. The van der Waals surface area contributed by atoms with Crippen molar-refractivity contribution in [2.24, 2.45) is 5.73 Å². The van der Waals surface area contributed by atoms with Crippen molar-refractivity contribution in [3.05, 3.63) is 96.1 Å². The van der Waals surface area contributed by atoms with Crippen molar-refractivity contribution in [3.63, 3.8) is 0 Å². The Morgan fingerprint density at radius 3 is 2.19 bits per heavy atom. The molecule has 5 heteroatoms. The zero-order chi connectivity index (χ0) is 22.3. The van der Waals surface area contributed by atoms with Crippen LogP contribution in [0.25, 0.3) is 11.1 Å². The SMILES string of the molecule is N[C@@H](Cc1ccc(-c2ccccc2)cc1)C(=O)N1CCC[C@H]1C(=O)OCc1ccccc1. The van der Waals surface area contributed by atoms with Crippen LogP contribution in [0.1, 0.15) is 24.0 Å². The summed E-state index contributed by atoms with van der Waals surface area (Å²) < 4.78 is 5.47. The second kappa shape index (κ2) is 10.2. The lowest BCUT2D eigenvalue weighted by molar-refractivity contribution is -0.154. The first-order valence-corrected chi connectivity index (χ1v) is 11.0. The van der Waals surface area contributed by atoms with Crippen LogP contribution in [0.5, 0.6) is 0 Å². The Balaban J connectivity index is 1.34. The minimum Gasteiger partial charge on any atom is -0.459 e. The van der Waals surface area contributed by atoms with Crippen LogP contribution in [0.2, 0.25) is 0 Å². The molecule has 4 rings (SSSR count). The molecular formula is C27H28N2O3. The standard InChI is InChI=1S/C27H28N2O3/c28-24(18-20-13-15-23(16-14-20)22-10-5-2-6-11-22)26(30)29-17-7-12-25(29)27(31)32-19-21-8-3-1-4-9-21/h1-6,8-11,13-16,24-25H,7,12,17-19,28H2/t24-,25-/m0/s1. The summed E-state index contributed by atoms with van der Waals surface area (Å²) in [6.45, 7) is 0.739. The number of carbonyl (C=O) groups excluding carboxylic acids is 2. The number of hydrogen-bond donors (Lipinski definition) is 1. The fraction of sp³-hybridized carbons (Fsp3) is 0.259. The molecular weight excluding hydrogens is 400 g/mol. The van der Waals surface area contributed by atoms with Gasteiger partial charge in [0.1, 0.15) is 12.6 Å². The highest BCUT2D eigenvalue weighted by Crippen LogP contribution is 2.22. The van der Waals surface area contributed by atoms with Crippen LogP contribution in [0.3, 0.4) is 0 Å². The first-order valence-electron chi connectivity index (χ1n) is 11.0. The average molecular weight is 429 g/mol. The molecule has 1 heterocycles. The minimum absolute atomic E-state index is 0.198. The molecule has 1 aliphatic heterocycles. The lowest BCUT2D eigenvalue weighted by Gasteiger charge is -2.26. The van der Waals surface area contributed by atoms with E-state index in [2.05, 4.69) is 12.1 Å². The van der Waals surface area contributed by atoms with Crippen LogP contribution in [-0.2, 0) is 27.4 Å². The van der Waals surface area contributed by atoms with Gasteiger partial charge in [0.2, 0.25) is 5.91 Å². The predicted octanol–water partition coefficient (Wildman–Crippen LogP) is 3.96. The van der Waals surface area contributed by atoms with Crippen molar-refractivity contribution >= 4 is 11.9 Å². The number of likely N-dealkylation sites (tertiary alicyclic amines) is 1. The summed E-state index contributed by atoms with van der Waals surface area (Å²) >= 11 is 0. The van der Waals surface area contributed by atoms with E-state index in [1.54, 1.807) is 4.90 Å². The molecule has 0 saturated carbocycles. The Morgan fingerprint density at radius 2 is 1.50 bits per heavy atom. The molecule has 0 unspecified atom stereocenters. The molecule has 32 heavy (non-hydrogen) atoms. The van der Waals surface area contributed by atoms with E-state index in [0.29, 0.717) is 19.4 Å². The molecule has 2 N–H and O–H groups in total. The quantitative estimate of drug-likeness (QED) is 0.578. The molecule has 164 valence electrons. The van der Waals surface area contributed by atoms with Crippen LogP contribution < -0.4 is 5.73 Å². The maximum absolute atomic E-state index is 13.0. The summed E-state index contributed by atoms with van der Waals surface area (Å²) in [5.41, 5.74) is 10.4. The first-order chi connectivity index (χ1) is 15.6. The fourth-order valence-corrected chi connectivity index (χ4v) is 4.12. The average Bonchev–Trinajstić information content (AvgIpc) is 3.34. The van der Waals surface area contributed by atoms with Gasteiger partial charge in [0.15, 0.2) is 0 Å². The Morgan fingerprint density at radius 1 is 0.875 bits per heavy atom. The second-order valence-corrected chi connectivity index (χ2v) is 8.16. The van der Waals surface area contributed by atoms with Gasteiger partial charge in [-0.1, -0.05) is 84.9 Å². The number of ether oxygens (including phenoxy) is 1. The van der Waals surface area contributed by atoms with Crippen molar-refractivity contribution in [1.82, 2.24) is 4.90 Å². The molecule has 0 bridgehead atoms. The summed E-state index contributed by atoms with van der Waals surface area (Å²) in [6.07, 6.45) is 1.81. The number of amides is 1. The van der Waals surface area contributed by atoms with E-state index in [0.717, 1.165) is 28.7 Å². The van der Waals surface area contributed by atoms with Gasteiger partial charge in [-0.2, -0.15) is 0 Å². The van der Waals surface area contributed by atoms with Crippen LogP contribution in [0.4, 0.5) is 0 Å². The van der Waals surface area contributed by atoms with Gasteiger partial charge in [-0.05, 0) is 41.5 Å². The van der Waals surface area contributed by atoms with E-state index in [1.807, 2.05) is 72.8 Å². The summed E-state index contributed by atoms with van der Waals surface area (Å²) in [7, 11) is 0. The minimum atomic E-state index is -0.694. The lowest BCUT2D eigenvalue weighted by atomic mass is 10.0. The van der Waals surface area contributed by atoms with Gasteiger partial charge in [-0.25, -0.2) is 4.79 Å². The van der Waals surface area contributed by atoms with E-state index < -0.39 is 12.1 Å². The number of benzene rings is 3. The number of nitrogens with two attached hydrogens (primary N) is 1. The third-order valence-corrected chi connectivity index (χ3v) is 5.87. The normalized spacial score (nSPS) is 16.5. The number of rotatable bonds is 7. The third-order valence-electron chi connectivity index (χ3n) is 5.87. The largest absolute Gasteiger partial charge is 0.459 e. The van der Waals surface area contributed by atoms with E-state index in [4.69, 9.17) is 10.5 Å². The van der Waals surface area contributed by atoms with E-state index >= 15 is 0 Å². The number of hydrogen-bond acceptors (Lipinski definition) is 4. The Bertz CT molecular complexity index is 1040. The van der Waals surface area contributed by atoms with E-state index in [1.165, 1.54) is 0 Å². The Hall–Kier alpha value is -3.44. The highest BCUT2D eigenvalue weighted by molar-refractivity contribution is 5.88. The molecule has 1 fully saturated rings. The molecule has 1 amide bonds. The molecule has 3 aromatic rings. The van der Waals surface area contributed by atoms with Gasteiger partial charge in [-0.3, -0.25) is 4.79 Å². The van der Waals surface area contributed by atoms with Gasteiger partial charge in [0, 0.05) is 6.54 Å². The van der Waals surface area contributed by atoms with Crippen molar-refractivity contribution in [2.75, 3.05) is 6.54 Å². The number of carbonyl (C=O) groups is 2. The summed E-state index contributed by atoms with van der Waals surface area (Å²) in [6, 6.07) is 26.5. The van der Waals surface area contributed by atoms with Crippen molar-refractivity contribution < 1.29 is 14.3 Å². The summed E-state index contributed by atoms with van der Waals surface area (Å²) in [5, 5.41) is 0. The smallest absolute Gasteiger partial charge is 0.329 e. The second-order valence-electron chi connectivity index (χ2n) is 8.16. The molecule has 0 aliphatic carbocycles. The summed E-state index contributed by atoms with van der Waals surface area (Å²) in [4.78, 5) is 27.2. The highest BCUT2D eigenvalue weighted by atomic mass is 16.5. The lowest BCUT2D eigenvalue weighted by Crippen LogP contribution is -2.49. The molecule has 0 aromatic heterocycles. The summed E-state index contributed by atoms with van der Waals surface area (Å²) in [5.74, 6) is -0.560. The van der Waals surface area contributed by atoms with Gasteiger partial charge in [-0.15, -0.1) is 0 Å². The van der Waals surface area contributed by atoms with Crippen molar-refractivity contribution in [3.8, 4) is 11.1 Å². The third kappa shape index (κ3) is 5.24. The first kappa shape index (κ1) is 21.8. The highest BCUT2D eigenvalue weighted by Gasteiger charge is 2.37. The molecule has 5 nitrogen and oxygen atoms in total. The maximum atomic E-state index is 13.0. The van der Waals surface area contributed by atoms with E-state index in [9.17, 15) is 9.59 Å². The van der Waals surface area contributed by atoms with Gasteiger partial charge in [0.05, 0.1) is 6.04 Å². The zero-order valence-corrected chi connectivity index (χ0v) is 18.0. The molecule has 2 atom stereocenters. The van der Waals surface area contributed by atoms with Crippen molar-refractivity contribution in [2.45, 2.75) is 38.0 Å². The molecule has 1 saturated heterocycles. The molecule has 1 aliphatic rings. The molecule has 3 aromatic carbocycles. The van der Waals surface area contributed by atoms with Gasteiger partial charge >= 0.3 is 5.97 Å². The van der Waals surface area contributed by atoms with Crippen LogP contribution in [0.15, 0.2) is 84.9 Å². The van der Waals surface area contributed by atoms with Gasteiger partial charge < -0.3 is 15.4 Å². The molecule has 0 radical (unpaired) electrons. The van der Waals surface area contributed by atoms with Crippen molar-refractivity contribution in [1.29, 1.82) is 0 Å². The van der Waals surface area contributed by atoms with Crippen LogP contribution in [0, 0.1) is 0 Å². The monoisotopic (exact) mass is 428 g/mol. The van der Waals surface area contributed by atoms with Gasteiger partial charge in [0.25, 0.3) is 0 Å².